The number of benzene rings is 1. The molecule has 4 aliphatic heterocycles. The van der Waals surface area contributed by atoms with E-state index < -0.39 is 6.10 Å². The summed E-state index contributed by atoms with van der Waals surface area (Å²) in [6.07, 6.45) is 2.86. The number of nitrogens with one attached hydrogen (secondary N) is 1. The molecule has 1 amide bonds. The summed E-state index contributed by atoms with van der Waals surface area (Å²) in [5, 5.41) is 15.6. The van der Waals surface area contributed by atoms with Crippen LogP contribution in [0.3, 0.4) is 0 Å². The van der Waals surface area contributed by atoms with Gasteiger partial charge in [-0.1, -0.05) is 0 Å². The zero-order valence-electron chi connectivity index (χ0n) is 16.8. The predicted octanol–water partition coefficient (Wildman–Crippen LogP) is 1.17. The Morgan fingerprint density at radius 2 is 2.07 bits per heavy atom. The average Bonchev–Trinajstić information content (AvgIpc) is 2.78. The molecule has 29 heavy (non-hydrogen) atoms. The zero-order valence-corrected chi connectivity index (χ0v) is 16.8. The summed E-state index contributed by atoms with van der Waals surface area (Å²) in [7, 11) is 1.63. The van der Waals surface area contributed by atoms with Gasteiger partial charge >= 0.3 is 0 Å². The lowest BCUT2D eigenvalue weighted by atomic mass is 9.75. The van der Waals surface area contributed by atoms with Crippen LogP contribution in [0.5, 0.6) is 5.75 Å². The molecule has 4 saturated heterocycles. The van der Waals surface area contributed by atoms with Gasteiger partial charge in [-0.05, 0) is 48.6 Å². The van der Waals surface area contributed by atoms with Crippen molar-refractivity contribution in [1.29, 1.82) is 0 Å². The number of piperazine rings is 1. The number of piperidine rings is 3. The lowest BCUT2D eigenvalue weighted by Crippen LogP contribution is -2.67. The van der Waals surface area contributed by atoms with Crippen molar-refractivity contribution in [2.24, 2.45) is 5.92 Å². The number of carbonyl (C=O) groups is 1. The Morgan fingerprint density at radius 1 is 1.24 bits per heavy atom. The maximum Gasteiger partial charge on any atom is 0.240 e. The van der Waals surface area contributed by atoms with E-state index in [2.05, 4.69) is 15.2 Å². The highest BCUT2D eigenvalue weighted by Gasteiger charge is 2.50. The normalized spacial score (nSPS) is 28.7. The summed E-state index contributed by atoms with van der Waals surface area (Å²) >= 11 is 0. The van der Waals surface area contributed by atoms with Crippen LogP contribution in [0.15, 0.2) is 30.5 Å². The van der Waals surface area contributed by atoms with Crippen molar-refractivity contribution in [2.75, 3.05) is 39.8 Å². The number of nitrogens with zero attached hydrogens (tertiary/aromatic N) is 3. The summed E-state index contributed by atoms with van der Waals surface area (Å²) in [4.78, 5) is 22.0. The fourth-order valence-corrected chi connectivity index (χ4v) is 5.41. The summed E-state index contributed by atoms with van der Waals surface area (Å²) in [6, 6.07) is 7.36. The monoisotopic (exact) mass is 396 g/mol. The Morgan fingerprint density at radius 3 is 2.83 bits per heavy atom. The summed E-state index contributed by atoms with van der Waals surface area (Å²) in [5.41, 5.74) is 1.64. The van der Waals surface area contributed by atoms with Crippen molar-refractivity contribution in [3.05, 3.63) is 36.0 Å². The molecule has 154 valence electrons. The number of aliphatic hydroxyl groups excluding tert-OH is 1. The molecule has 1 aromatic heterocycles. The first-order valence-electron chi connectivity index (χ1n) is 10.5. The number of ether oxygens (including phenoxy) is 1. The molecule has 7 heteroatoms. The second-order valence-corrected chi connectivity index (χ2v) is 8.34. The van der Waals surface area contributed by atoms with Crippen LogP contribution in [0.4, 0.5) is 0 Å². The number of aliphatic hydroxyl groups is 1. The molecule has 4 atom stereocenters. The van der Waals surface area contributed by atoms with Crippen molar-refractivity contribution in [1.82, 2.24) is 20.1 Å². The molecular formula is C22H28N4O3. The van der Waals surface area contributed by atoms with Gasteiger partial charge in [0, 0.05) is 44.3 Å². The number of methoxy groups -OCH3 is 1. The fraction of sp³-hybridized carbons (Fsp3) is 0.545. The van der Waals surface area contributed by atoms with Crippen LogP contribution < -0.4 is 10.1 Å². The van der Waals surface area contributed by atoms with Crippen LogP contribution in [0.2, 0.25) is 0 Å². The first-order chi connectivity index (χ1) is 14.2. The maximum atomic E-state index is 13.3. The van der Waals surface area contributed by atoms with Gasteiger partial charge < -0.3 is 20.1 Å². The molecule has 0 radical (unpaired) electrons. The van der Waals surface area contributed by atoms with Crippen molar-refractivity contribution < 1.29 is 14.6 Å². The summed E-state index contributed by atoms with van der Waals surface area (Å²) in [6.45, 7) is 4.45. The third kappa shape index (κ3) is 3.17. The first-order valence-corrected chi connectivity index (χ1v) is 10.5. The number of hydrogen-bond donors (Lipinski definition) is 2. The largest absolute Gasteiger partial charge is 0.497 e. The molecule has 2 aromatic rings. The molecule has 2 bridgehead atoms. The van der Waals surface area contributed by atoms with E-state index in [9.17, 15) is 9.90 Å². The van der Waals surface area contributed by atoms with Crippen molar-refractivity contribution in [3.63, 3.8) is 0 Å². The second-order valence-electron chi connectivity index (χ2n) is 8.34. The number of fused-ring (bicyclic) bond motifs is 4. The van der Waals surface area contributed by atoms with E-state index in [4.69, 9.17) is 4.74 Å². The number of rotatable bonds is 4. The SMILES string of the molecule is COc1ccc2nccc([C@H](O)[C@H]3C[C@@H]4CCN3C(=O)[C@@H]4N3CCNCC3)c2c1. The molecule has 4 fully saturated rings. The van der Waals surface area contributed by atoms with Gasteiger partial charge in [0.15, 0.2) is 0 Å². The highest BCUT2D eigenvalue weighted by molar-refractivity contribution is 5.86. The van der Waals surface area contributed by atoms with Crippen molar-refractivity contribution >= 4 is 16.8 Å². The number of carbonyl (C=O) groups excluding carboxylic acids is 1. The minimum absolute atomic E-state index is 0.0245. The molecule has 0 unspecified atom stereocenters. The Labute approximate surface area is 170 Å². The standard InChI is InChI=1S/C22H28N4O3/c1-29-15-2-3-18-17(13-15)16(4-6-24-18)21(27)19-12-14-5-9-26(19)22(28)20(14)25-10-7-23-8-11-25/h2-4,6,13-14,19-21,23,27H,5,7-12H2,1H3/t14-,19+,20+,21-/m0/s1. The average molecular weight is 396 g/mol. The van der Waals surface area contributed by atoms with Crippen molar-refractivity contribution in [3.8, 4) is 5.75 Å². The topological polar surface area (TPSA) is 77.9 Å². The van der Waals surface area contributed by atoms with Crippen LogP contribution in [-0.4, -0.2) is 77.7 Å². The van der Waals surface area contributed by atoms with Gasteiger partial charge in [-0.15, -0.1) is 0 Å². The molecule has 6 rings (SSSR count). The molecule has 5 heterocycles. The van der Waals surface area contributed by atoms with Crippen LogP contribution in [-0.2, 0) is 4.79 Å². The van der Waals surface area contributed by atoms with E-state index in [0.29, 0.717) is 5.92 Å². The van der Waals surface area contributed by atoms with Gasteiger partial charge in [-0.2, -0.15) is 0 Å². The smallest absolute Gasteiger partial charge is 0.240 e. The Hall–Kier alpha value is -2.22. The third-order valence-electron chi connectivity index (χ3n) is 6.88. The van der Waals surface area contributed by atoms with E-state index in [1.807, 2.05) is 29.2 Å². The summed E-state index contributed by atoms with van der Waals surface area (Å²) < 4.78 is 5.37. The van der Waals surface area contributed by atoms with E-state index in [0.717, 1.165) is 67.8 Å². The van der Waals surface area contributed by atoms with Gasteiger partial charge in [0.1, 0.15) is 11.9 Å². The van der Waals surface area contributed by atoms with Gasteiger partial charge in [-0.3, -0.25) is 14.7 Å². The predicted molar refractivity (Wildman–Crippen MR) is 110 cm³/mol. The highest BCUT2D eigenvalue weighted by atomic mass is 16.5. The maximum absolute atomic E-state index is 13.3. The molecule has 0 saturated carbocycles. The highest BCUT2D eigenvalue weighted by Crippen LogP contribution is 2.41. The third-order valence-corrected chi connectivity index (χ3v) is 6.88. The quantitative estimate of drug-likeness (QED) is 0.808. The van der Waals surface area contributed by atoms with Gasteiger partial charge in [0.05, 0.1) is 24.7 Å². The minimum atomic E-state index is -0.733. The minimum Gasteiger partial charge on any atom is -0.497 e. The zero-order chi connectivity index (χ0) is 20.0. The molecule has 4 aliphatic rings. The lowest BCUT2D eigenvalue weighted by molar-refractivity contribution is -0.160. The molecular weight excluding hydrogens is 368 g/mol. The summed E-state index contributed by atoms with van der Waals surface area (Å²) in [5.74, 6) is 1.24. The van der Waals surface area contributed by atoms with E-state index in [1.165, 1.54) is 0 Å². The molecule has 2 N–H and O–H groups in total. The first kappa shape index (κ1) is 18.8. The molecule has 1 aromatic carbocycles. The van der Waals surface area contributed by atoms with Gasteiger partial charge in [0.25, 0.3) is 0 Å². The van der Waals surface area contributed by atoms with E-state index >= 15 is 0 Å². The Balaban J connectivity index is 1.44. The van der Waals surface area contributed by atoms with Gasteiger partial charge in [-0.25, -0.2) is 0 Å². The molecule has 7 nitrogen and oxygen atoms in total. The van der Waals surface area contributed by atoms with Gasteiger partial charge in [0.2, 0.25) is 5.91 Å². The molecule has 0 spiro atoms. The van der Waals surface area contributed by atoms with E-state index in [-0.39, 0.29) is 18.0 Å². The van der Waals surface area contributed by atoms with Crippen LogP contribution in [0.25, 0.3) is 10.9 Å². The lowest BCUT2D eigenvalue weighted by Gasteiger charge is -2.53. The number of pyridine rings is 1. The Bertz CT molecular complexity index is 914. The Kier molecular flexibility index (Phi) is 4.89. The fourth-order valence-electron chi connectivity index (χ4n) is 5.41. The number of amides is 1. The number of aromatic nitrogens is 1. The molecule has 0 aliphatic carbocycles. The van der Waals surface area contributed by atoms with Crippen molar-refractivity contribution in [2.45, 2.75) is 31.0 Å². The van der Waals surface area contributed by atoms with Crippen LogP contribution in [0, 0.1) is 5.92 Å². The van der Waals surface area contributed by atoms with Crippen LogP contribution in [0.1, 0.15) is 24.5 Å². The van der Waals surface area contributed by atoms with E-state index in [1.54, 1.807) is 13.3 Å². The van der Waals surface area contributed by atoms with Crippen LogP contribution >= 0.6 is 0 Å². The number of hydrogen-bond acceptors (Lipinski definition) is 6. The second kappa shape index (κ2) is 7.55.